The predicted molar refractivity (Wildman–Crippen MR) is 48.1 cm³/mol. The minimum Gasteiger partial charge on any atom is -0.369 e. The summed E-state index contributed by atoms with van der Waals surface area (Å²) < 4.78 is 5.35. The summed E-state index contributed by atoms with van der Waals surface area (Å²) >= 11 is 0. The van der Waals surface area contributed by atoms with E-state index in [0.717, 1.165) is 6.42 Å². The molecule has 70 valence electrons. The van der Waals surface area contributed by atoms with Crippen molar-refractivity contribution in [1.29, 1.82) is 0 Å². The zero-order valence-electron chi connectivity index (χ0n) is 8.01. The molecule has 0 aromatic heterocycles. The van der Waals surface area contributed by atoms with E-state index in [1.165, 1.54) is 19.3 Å². The highest BCUT2D eigenvalue weighted by Crippen LogP contribution is 2.29. The second kappa shape index (κ2) is 4.61. The summed E-state index contributed by atoms with van der Waals surface area (Å²) in [5, 5.41) is 0. The van der Waals surface area contributed by atoms with E-state index in [4.69, 9.17) is 4.74 Å². The third-order valence-corrected chi connectivity index (χ3v) is 2.27. The number of hydrogen-bond acceptors (Lipinski definition) is 2. The maximum Gasteiger partial charge on any atom is 0.132 e. The number of Topliss-reactive ketones (excluding diaryl/α,β-unsaturated/α-hetero) is 1. The molecule has 0 bridgehead atoms. The van der Waals surface area contributed by atoms with E-state index in [1.54, 1.807) is 6.92 Å². The number of carbonyl (C=O) groups is 1. The topological polar surface area (TPSA) is 29.6 Å². The summed E-state index contributed by atoms with van der Waals surface area (Å²) in [7, 11) is 0. The second-order valence-corrected chi connectivity index (χ2v) is 3.61. The van der Waals surface area contributed by atoms with Crippen molar-refractivity contribution in [3.8, 4) is 0 Å². The van der Waals surface area contributed by atoms with E-state index >= 15 is 0 Å². The van der Waals surface area contributed by atoms with Crippen molar-refractivity contribution in [3.05, 3.63) is 0 Å². The standard InChI is InChI=1S/C10H18O2/c1-3-4-5-6-9-10(12-9)7-8(2)11/h9-10H,3-7H2,1-2H3/t9-,10-/m1/s1. The van der Waals surface area contributed by atoms with Gasteiger partial charge >= 0.3 is 0 Å². The van der Waals surface area contributed by atoms with Crippen LogP contribution in [0.25, 0.3) is 0 Å². The van der Waals surface area contributed by atoms with Crippen LogP contribution >= 0.6 is 0 Å². The lowest BCUT2D eigenvalue weighted by atomic mass is 10.1. The van der Waals surface area contributed by atoms with E-state index in [0.29, 0.717) is 12.5 Å². The molecule has 0 amide bonds. The minimum atomic E-state index is 0.248. The molecule has 12 heavy (non-hydrogen) atoms. The van der Waals surface area contributed by atoms with Gasteiger partial charge in [0.1, 0.15) is 5.78 Å². The Hall–Kier alpha value is -0.370. The molecule has 1 heterocycles. The summed E-state index contributed by atoms with van der Waals surface area (Å²) in [6.45, 7) is 3.82. The number of unbranched alkanes of at least 4 members (excludes halogenated alkanes) is 2. The van der Waals surface area contributed by atoms with Gasteiger partial charge in [-0.25, -0.2) is 0 Å². The monoisotopic (exact) mass is 170 g/mol. The Bertz CT molecular complexity index is 154. The number of epoxide rings is 1. The fourth-order valence-corrected chi connectivity index (χ4v) is 1.49. The molecule has 0 spiro atoms. The van der Waals surface area contributed by atoms with Gasteiger partial charge < -0.3 is 4.74 Å². The number of rotatable bonds is 6. The van der Waals surface area contributed by atoms with Crippen LogP contribution in [0.1, 0.15) is 46.0 Å². The number of ether oxygens (including phenoxy) is 1. The van der Waals surface area contributed by atoms with Gasteiger partial charge in [-0.15, -0.1) is 0 Å². The molecule has 0 N–H and O–H groups in total. The molecule has 1 aliphatic heterocycles. The van der Waals surface area contributed by atoms with Crippen LogP contribution in [0.2, 0.25) is 0 Å². The fraction of sp³-hybridized carbons (Fsp3) is 0.900. The van der Waals surface area contributed by atoms with E-state index in [-0.39, 0.29) is 11.9 Å². The fourth-order valence-electron chi connectivity index (χ4n) is 1.49. The number of hydrogen-bond donors (Lipinski definition) is 0. The van der Waals surface area contributed by atoms with Gasteiger partial charge in [-0.1, -0.05) is 26.2 Å². The zero-order valence-corrected chi connectivity index (χ0v) is 8.01. The van der Waals surface area contributed by atoms with Crippen molar-refractivity contribution in [2.45, 2.75) is 58.2 Å². The lowest BCUT2D eigenvalue weighted by molar-refractivity contribution is -0.117. The molecule has 0 aromatic carbocycles. The Kier molecular flexibility index (Phi) is 3.73. The molecule has 0 saturated carbocycles. The highest BCUT2D eigenvalue weighted by molar-refractivity contribution is 5.76. The molecule has 1 saturated heterocycles. The summed E-state index contributed by atoms with van der Waals surface area (Å²) in [6, 6.07) is 0. The maximum absolute atomic E-state index is 10.7. The summed E-state index contributed by atoms with van der Waals surface area (Å²) in [6.07, 6.45) is 6.22. The van der Waals surface area contributed by atoms with Crippen LogP contribution in [0.15, 0.2) is 0 Å². The molecule has 2 atom stereocenters. The van der Waals surface area contributed by atoms with Crippen LogP contribution in [0.4, 0.5) is 0 Å². The normalized spacial score (nSPS) is 27.2. The smallest absolute Gasteiger partial charge is 0.132 e. The molecule has 1 rings (SSSR count). The van der Waals surface area contributed by atoms with Crippen LogP contribution < -0.4 is 0 Å². The average Bonchev–Trinajstić information content (AvgIpc) is 2.67. The van der Waals surface area contributed by atoms with Crippen molar-refractivity contribution in [3.63, 3.8) is 0 Å². The maximum atomic E-state index is 10.7. The van der Waals surface area contributed by atoms with Gasteiger partial charge in [0.15, 0.2) is 0 Å². The lowest BCUT2D eigenvalue weighted by Crippen LogP contribution is -2.00. The van der Waals surface area contributed by atoms with Crippen molar-refractivity contribution >= 4 is 5.78 Å². The first-order chi connectivity index (χ1) is 5.74. The predicted octanol–water partition coefficient (Wildman–Crippen LogP) is 2.31. The molecule has 2 nitrogen and oxygen atoms in total. The van der Waals surface area contributed by atoms with Gasteiger partial charge in [0, 0.05) is 6.42 Å². The number of carbonyl (C=O) groups excluding carboxylic acids is 1. The molecular weight excluding hydrogens is 152 g/mol. The van der Waals surface area contributed by atoms with Gasteiger partial charge in [0.05, 0.1) is 12.2 Å². The van der Waals surface area contributed by atoms with E-state index in [1.807, 2.05) is 0 Å². The van der Waals surface area contributed by atoms with Crippen LogP contribution in [-0.4, -0.2) is 18.0 Å². The largest absolute Gasteiger partial charge is 0.369 e. The third kappa shape index (κ3) is 3.35. The molecule has 0 aromatic rings. The Morgan fingerprint density at radius 3 is 2.67 bits per heavy atom. The number of ketones is 1. The molecule has 0 aliphatic carbocycles. The SMILES string of the molecule is CCCCC[C@H]1O[C@@H]1CC(C)=O. The quantitative estimate of drug-likeness (QED) is 0.452. The van der Waals surface area contributed by atoms with E-state index in [2.05, 4.69) is 6.92 Å². The molecule has 1 fully saturated rings. The molecular formula is C10H18O2. The van der Waals surface area contributed by atoms with Crippen molar-refractivity contribution in [2.24, 2.45) is 0 Å². The van der Waals surface area contributed by atoms with Gasteiger partial charge in [-0.2, -0.15) is 0 Å². The first-order valence-corrected chi connectivity index (χ1v) is 4.89. The molecule has 0 unspecified atom stereocenters. The third-order valence-electron chi connectivity index (χ3n) is 2.27. The van der Waals surface area contributed by atoms with Gasteiger partial charge in [0.25, 0.3) is 0 Å². The van der Waals surface area contributed by atoms with E-state index in [9.17, 15) is 4.79 Å². The van der Waals surface area contributed by atoms with E-state index < -0.39 is 0 Å². The van der Waals surface area contributed by atoms with Gasteiger partial charge in [0.2, 0.25) is 0 Å². The average molecular weight is 170 g/mol. The zero-order chi connectivity index (χ0) is 8.97. The Labute approximate surface area is 74.3 Å². The summed E-state index contributed by atoms with van der Waals surface area (Å²) in [4.78, 5) is 10.7. The van der Waals surface area contributed by atoms with Crippen molar-refractivity contribution < 1.29 is 9.53 Å². The minimum absolute atomic E-state index is 0.248. The first-order valence-electron chi connectivity index (χ1n) is 4.89. The van der Waals surface area contributed by atoms with Crippen LogP contribution in [0, 0.1) is 0 Å². The van der Waals surface area contributed by atoms with Gasteiger partial charge in [-0.05, 0) is 13.3 Å². The summed E-state index contributed by atoms with van der Waals surface area (Å²) in [5.74, 6) is 0.248. The van der Waals surface area contributed by atoms with Crippen molar-refractivity contribution in [2.75, 3.05) is 0 Å². The molecule has 1 aliphatic rings. The van der Waals surface area contributed by atoms with Gasteiger partial charge in [-0.3, -0.25) is 4.79 Å². The molecule has 0 radical (unpaired) electrons. The highest BCUT2D eigenvalue weighted by Gasteiger charge is 2.38. The van der Waals surface area contributed by atoms with Crippen molar-refractivity contribution in [1.82, 2.24) is 0 Å². The Morgan fingerprint density at radius 2 is 2.08 bits per heavy atom. The summed E-state index contributed by atoms with van der Waals surface area (Å²) in [5.41, 5.74) is 0. The highest BCUT2D eigenvalue weighted by atomic mass is 16.6. The van der Waals surface area contributed by atoms with Crippen LogP contribution in [0.5, 0.6) is 0 Å². The van der Waals surface area contributed by atoms with Crippen LogP contribution in [-0.2, 0) is 9.53 Å². The Balaban J connectivity index is 1.97. The molecule has 2 heteroatoms. The van der Waals surface area contributed by atoms with Crippen LogP contribution in [0.3, 0.4) is 0 Å². The lowest BCUT2D eigenvalue weighted by Gasteiger charge is -1.93. The Morgan fingerprint density at radius 1 is 1.33 bits per heavy atom. The second-order valence-electron chi connectivity index (χ2n) is 3.61. The first kappa shape index (κ1) is 9.72.